The van der Waals surface area contributed by atoms with Crippen molar-refractivity contribution >= 4 is 5.97 Å². The van der Waals surface area contributed by atoms with Crippen LogP contribution < -0.4 is 9.64 Å². The average Bonchev–Trinajstić information content (AvgIpc) is 2.47. The molecule has 1 aromatic rings. The van der Waals surface area contributed by atoms with Crippen molar-refractivity contribution in [2.45, 2.75) is 32.3 Å². The average molecular weight is 296 g/mol. The van der Waals surface area contributed by atoms with Crippen LogP contribution in [0.15, 0.2) is 24.3 Å². The summed E-state index contributed by atoms with van der Waals surface area (Å²) in [5.41, 5.74) is 0. The standard InChI is InChI=1S/C16H22FNO3/c1-13(11-18-9-3-2-4-10-18)21-16(19)12-20-15-7-5-14(17)6-8-15/h5-8,13H,2-4,9-12H2,1H3/p+1. The third-order valence-corrected chi connectivity index (χ3v) is 3.64. The van der Waals surface area contributed by atoms with Gasteiger partial charge in [-0.15, -0.1) is 0 Å². The van der Waals surface area contributed by atoms with Gasteiger partial charge in [-0.1, -0.05) is 0 Å². The molecule has 1 aliphatic heterocycles. The van der Waals surface area contributed by atoms with E-state index in [1.54, 1.807) is 0 Å². The molecule has 0 bridgehead atoms. The lowest BCUT2D eigenvalue weighted by atomic mass is 10.1. The molecule has 1 N–H and O–H groups in total. The molecule has 1 heterocycles. The van der Waals surface area contributed by atoms with Gasteiger partial charge in [-0.05, 0) is 50.5 Å². The maximum Gasteiger partial charge on any atom is 0.344 e. The lowest BCUT2D eigenvalue weighted by molar-refractivity contribution is -0.907. The largest absolute Gasteiger partial charge is 0.482 e. The van der Waals surface area contributed by atoms with Gasteiger partial charge in [0.15, 0.2) is 6.61 Å². The Labute approximate surface area is 124 Å². The predicted molar refractivity (Wildman–Crippen MR) is 76.9 cm³/mol. The zero-order valence-corrected chi connectivity index (χ0v) is 12.4. The second-order valence-electron chi connectivity index (χ2n) is 5.56. The predicted octanol–water partition coefficient (Wildman–Crippen LogP) is 1.20. The Balaban J connectivity index is 1.67. The minimum absolute atomic E-state index is 0.109. The van der Waals surface area contributed by atoms with E-state index >= 15 is 0 Å². The molecule has 1 saturated heterocycles. The quantitative estimate of drug-likeness (QED) is 0.802. The van der Waals surface area contributed by atoms with Gasteiger partial charge in [-0.2, -0.15) is 0 Å². The Morgan fingerprint density at radius 1 is 1.24 bits per heavy atom. The first kappa shape index (κ1) is 15.8. The van der Waals surface area contributed by atoms with Gasteiger partial charge in [0.25, 0.3) is 0 Å². The summed E-state index contributed by atoms with van der Waals surface area (Å²) in [5, 5.41) is 0. The Bertz CT molecular complexity index is 443. The highest BCUT2D eigenvalue weighted by Crippen LogP contribution is 2.10. The van der Waals surface area contributed by atoms with Crippen LogP contribution in [0.3, 0.4) is 0 Å². The molecular weight excluding hydrogens is 273 g/mol. The highest BCUT2D eigenvalue weighted by atomic mass is 19.1. The number of hydrogen-bond acceptors (Lipinski definition) is 3. The van der Waals surface area contributed by atoms with E-state index in [9.17, 15) is 9.18 Å². The first-order valence-electron chi connectivity index (χ1n) is 7.55. The molecule has 4 nitrogen and oxygen atoms in total. The number of quaternary nitrogens is 1. The summed E-state index contributed by atoms with van der Waals surface area (Å²) in [6.45, 7) is 4.94. The second kappa shape index (κ2) is 7.98. The summed E-state index contributed by atoms with van der Waals surface area (Å²) >= 11 is 0. The highest BCUT2D eigenvalue weighted by molar-refractivity contribution is 5.71. The van der Waals surface area contributed by atoms with E-state index in [0.29, 0.717) is 5.75 Å². The number of halogens is 1. The third kappa shape index (κ3) is 5.71. The number of benzene rings is 1. The molecule has 0 amide bonds. The van der Waals surface area contributed by atoms with E-state index in [1.807, 2.05) is 6.92 Å². The number of likely N-dealkylation sites (tertiary alicyclic amines) is 1. The van der Waals surface area contributed by atoms with Crippen molar-refractivity contribution in [1.29, 1.82) is 0 Å². The molecule has 116 valence electrons. The number of ether oxygens (including phenoxy) is 2. The van der Waals surface area contributed by atoms with Crippen LogP contribution in [0.1, 0.15) is 26.2 Å². The third-order valence-electron chi connectivity index (χ3n) is 3.64. The van der Waals surface area contributed by atoms with Gasteiger partial charge in [0.1, 0.15) is 24.2 Å². The first-order chi connectivity index (χ1) is 10.1. The SMILES string of the molecule is CC(C[NH+]1CCCCC1)OC(=O)COc1ccc(F)cc1. The smallest absolute Gasteiger partial charge is 0.344 e. The summed E-state index contributed by atoms with van der Waals surface area (Å²) in [6, 6.07) is 5.57. The second-order valence-corrected chi connectivity index (χ2v) is 5.56. The Morgan fingerprint density at radius 3 is 2.57 bits per heavy atom. The summed E-state index contributed by atoms with van der Waals surface area (Å²) in [7, 11) is 0. The van der Waals surface area contributed by atoms with Crippen LogP contribution in [-0.2, 0) is 9.53 Å². The van der Waals surface area contributed by atoms with Crippen LogP contribution in [0.25, 0.3) is 0 Å². The van der Waals surface area contributed by atoms with E-state index in [1.165, 1.54) is 48.4 Å². The number of carbonyl (C=O) groups is 1. The first-order valence-corrected chi connectivity index (χ1v) is 7.55. The van der Waals surface area contributed by atoms with Crippen molar-refractivity contribution in [2.75, 3.05) is 26.2 Å². The molecule has 1 unspecified atom stereocenters. The van der Waals surface area contributed by atoms with E-state index in [-0.39, 0.29) is 24.5 Å². The van der Waals surface area contributed by atoms with Gasteiger partial charge in [0, 0.05) is 0 Å². The van der Waals surface area contributed by atoms with Crippen LogP contribution in [-0.4, -0.2) is 38.3 Å². The topological polar surface area (TPSA) is 40.0 Å². The highest BCUT2D eigenvalue weighted by Gasteiger charge is 2.19. The van der Waals surface area contributed by atoms with Gasteiger partial charge < -0.3 is 14.4 Å². The number of nitrogens with one attached hydrogen (secondary N) is 1. The molecule has 1 fully saturated rings. The summed E-state index contributed by atoms with van der Waals surface area (Å²) in [6.07, 6.45) is 3.71. The van der Waals surface area contributed by atoms with Crippen molar-refractivity contribution < 1.29 is 23.6 Å². The molecule has 5 heteroatoms. The molecule has 1 aliphatic rings. The Morgan fingerprint density at radius 2 is 1.90 bits per heavy atom. The molecule has 1 aromatic carbocycles. The monoisotopic (exact) mass is 296 g/mol. The molecule has 0 saturated carbocycles. The van der Waals surface area contributed by atoms with Gasteiger partial charge in [-0.3, -0.25) is 0 Å². The van der Waals surface area contributed by atoms with Gasteiger partial charge in [0.2, 0.25) is 0 Å². The van der Waals surface area contributed by atoms with Crippen LogP contribution in [0.5, 0.6) is 5.75 Å². The van der Waals surface area contributed by atoms with Crippen molar-refractivity contribution in [3.8, 4) is 5.75 Å². The van der Waals surface area contributed by atoms with Crippen LogP contribution in [0, 0.1) is 5.82 Å². The fraction of sp³-hybridized carbons (Fsp3) is 0.562. The fourth-order valence-corrected chi connectivity index (χ4v) is 2.64. The summed E-state index contributed by atoms with van der Waals surface area (Å²) < 4.78 is 23.3. The molecule has 0 radical (unpaired) electrons. The van der Waals surface area contributed by atoms with Gasteiger partial charge >= 0.3 is 5.97 Å². The Hall–Kier alpha value is -1.62. The number of esters is 1. The van der Waals surface area contributed by atoms with Crippen LogP contribution in [0.4, 0.5) is 4.39 Å². The normalized spacial score (nSPS) is 17.2. The molecule has 1 atom stereocenters. The minimum Gasteiger partial charge on any atom is -0.482 e. The zero-order valence-electron chi connectivity index (χ0n) is 12.4. The molecule has 2 rings (SSSR count). The van der Waals surface area contributed by atoms with Crippen molar-refractivity contribution in [1.82, 2.24) is 0 Å². The van der Waals surface area contributed by atoms with Crippen LogP contribution >= 0.6 is 0 Å². The van der Waals surface area contributed by atoms with E-state index < -0.39 is 0 Å². The van der Waals surface area contributed by atoms with E-state index in [4.69, 9.17) is 9.47 Å². The van der Waals surface area contributed by atoms with E-state index in [2.05, 4.69) is 0 Å². The summed E-state index contributed by atoms with van der Waals surface area (Å²) in [5.74, 6) is -0.256. The molecule has 21 heavy (non-hydrogen) atoms. The fourth-order valence-electron chi connectivity index (χ4n) is 2.64. The van der Waals surface area contributed by atoms with Crippen LogP contribution in [0.2, 0.25) is 0 Å². The maximum atomic E-state index is 12.7. The lowest BCUT2D eigenvalue weighted by Crippen LogP contribution is -3.13. The molecular formula is C16H23FNO3+. The number of carbonyl (C=O) groups excluding carboxylic acids is 1. The summed E-state index contributed by atoms with van der Waals surface area (Å²) in [4.78, 5) is 13.2. The zero-order chi connectivity index (χ0) is 15.1. The van der Waals surface area contributed by atoms with Crippen molar-refractivity contribution in [2.24, 2.45) is 0 Å². The van der Waals surface area contributed by atoms with Gasteiger partial charge in [0.05, 0.1) is 13.1 Å². The lowest BCUT2D eigenvalue weighted by Gasteiger charge is -2.26. The number of hydrogen-bond donors (Lipinski definition) is 1. The number of rotatable bonds is 6. The van der Waals surface area contributed by atoms with Crippen molar-refractivity contribution in [3.05, 3.63) is 30.1 Å². The van der Waals surface area contributed by atoms with Crippen molar-refractivity contribution in [3.63, 3.8) is 0 Å². The minimum atomic E-state index is -0.386. The molecule has 0 aromatic heterocycles. The van der Waals surface area contributed by atoms with Gasteiger partial charge in [-0.25, -0.2) is 9.18 Å². The van der Waals surface area contributed by atoms with E-state index in [0.717, 1.165) is 19.6 Å². The number of piperidine rings is 1. The maximum absolute atomic E-state index is 12.7. The Kier molecular flexibility index (Phi) is 5.99. The molecule has 0 aliphatic carbocycles. The molecule has 0 spiro atoms.